The third-order valence-corrected chi connectivity index (χ3v) is 2.96. The number of hydrogen-bond donors (Lipinski definition) is 1. The molecule has 0 saturated carbocycles. The van der Waals surface area contributed by atoms with E-state index >= 15 is 0 Å². The lowest BCUT2D eigenvalue weighted by Crippen LogP contribution is -2.40. The zero-order valence-corrected chi connectivity index (χ0v) is 10.1. The zero-order chi connectivity index (χ0) is 13.0. The third-order valence-electron chi connectivity index (χ3n) is 2.96. The lowest BCUT2D eigenvalue weighted by atomic mass is 10.1. The first-order valence-electron chi connectivity index (χ1n) is 5.66. The molecule has 1 atom stereocenters. The highest BCUT2D eigenvalue weighted by Gasteiger charge is 2.41. The molecule has 18 heavy (non-hydrogen) atoms. The predicted octanol–water partition coefficient (Wildman–Crippen LogP) is 0.627. The zero-order valence-electron chi connectivity index (χ0n) is 10.1. The van der Waals surface area contributed by atoms with Gasteiger partial charge in [0.2, 0.25) is 5.88 Å². The molecule has 1 aromatic rings. The first kappa shape index (κ1) is 12.2. The second-order valence-corrected chi connectivity index (χ2v) is 4.16. The highest BCUT2D eigenvalue weighted by molar-refractivity contribution is 5.65. The Morgan fingerprint density at radius 3 is 3.17 bits per heavy atom. The summed E-state index contributed by atoms with van der Waals surface area (Å²) in [5, 5.41) is 11.8. The van der Waals surface area contributed by atoms with Crippen LogP contribution in [0.2, 0.25) is 0 Å². The van der Waals surface area contributed by atoms with Gasteiger partial charge in [0.05, 0.1) is 12.2 Å². The van der Waals surface area contributed by atoms with Crippen LogP contribution in [0.15, 0.2) is 18.3 Å². The summed E-state index contributed by atoms with van der Waals surface area (Å²) in [6, 6.07) is 3.60. The molecule has 0 spiro atoms. The number of pyridine rings is 1. The van der Waals surface area contributed by atoms with Crippen molar-refractivity contribution in [3.8, 4) is 12.1 Å². The fourth-order valence-electron chi connectivity index (χ4n) is 1.95. The number of nitriles is 1. The van der Waals surface area contributed by atoms with E-state index < -0.39 is 5.60 Å². The molecule has 0 bridgehead atoms. The van der Waals surface area contributed by atoms with Crippen molar-refractivity contribution in [2.45, 2.75) is 12.0 Å². The van der Waals surface area contributed by atoms with Crippen LogP contribution >= 0.6 is 0 Å². The number of aldehydes is 1. The molecule has 94 valence electrons. The molecule has 1 saturated heterocycles. The van der Waals surface area contributed by atoms with E-state index in [1.807, 2.05) is 12.3 Å². The molecule has 6 nitrogen and oxygen atoms in total. The van der Waals surface area contributed by atoms with Crippen molar-refractivity contribution in [2.75, 3.05) is 25.5 Å². The Labute approximate surface area is 105 Å². The molecule has 2 heterocycles. The van der Waals surface area contributed by atoms with Gasteiger partial charge >= 0.3 is 0 Å². The second-order valence-electron chi connectivity index (χ2n) is 4.16. The number of hydrogen-bond acceptors (Lipinski definition) is 6. The van der Waals surface area contributed by atoms with Gasteiger partial charge in [-0.15, -0.1) is 0 Å². The van der Waals surface area contributed by atoms with Crippen molar-refractivity contribution < 1.29 is 9.53 Å². The molecule has 1 aliphatic heterocycles. The van der Waals surface area contributed by atoms with Gasteiger partial charge in [-0.2, -0.15) is 5.26 Å². The summed E-state index contributed by atoms with van der Waals surface area (Å²) >= 11 is 0. The molecule has 1 fully saturated rings. The van der Waals surface area contributed by atoms with E-state index in [4.69, 9.17) is 10.00 Å². The van der Waals surface area contributed by atoms with Crippen LogP contribution in [0, 0.1) is 11.5 Å². The molecule has 6 heteroatoms. The number of nitrogens with zero attached hydrogens (tertiary/aromatic N) is 3. The molecule has 0 aromatic carbocycles. The number of aromatic nitrogens is 1. The number of nitrogens with one attached hydrogen (secondary N) is 1. The van der Waals surface area contributed by atoms with E-state index in [0.29, 0.717) is 24.5 Å². The molecule has 0 unspecified atom stereocenters. The van der Waals surface area contributed by atoms with Crippen LogP contribution in [0.25, 0.3) is 0 Å². The smallest absolute Gasteiger partial charge is 0.238 e. The molecular formula is C12H14N4O2. The summed E-state index contributed by atoms with van der Waals surface area (Å²) in [5.41, 5.74) is -0.260. The van der Waals surface area contributed by atoms with Gasteiger partial charge in [0, 0.05) is 26.2 Å². The topological polar surface area (TPSA) is 78.2 Å². The first-order chi connectivity index (χ1) is 8.73. The number of rotatable bonds is 4. The molecular weight excluding hydrogens is 232 g/mol. The summed E-state index contributed by atoms with van der Waals surface area (Å²) in [5.74, 6) is 0.381. The van der Waals surface area contributed by atoms with Gasteiger partial charge in [-0.1, -0.05) is 0 Å². The summed E-state index contributed by atoms with van der Waals surface area (Å²) in [6.45, 7) is 0.795. The second kappa shape index (κ2) is 4.92. The van der Waals surface area contributed by atoms with E-state index in [-0.39, 0.29) is 6.54 Å². The summed E-state index contributed by atoms with van der Waals surface area (Å²) in [4.78, 5) is 16.9. The lowest BCUT2D eigenvalue weighted by molar-refractivity contribution is -0.120. The van der Waals surface area contributed by atoms with Gasteiger partial charge in [0.15, 0.2) is 18.1 Å². The Balaban J connectivity index is 2.21. The third kappa shape index (κ3) is 2.20. The Morgan fingerprint density at radius 2 is 2.56 bits per heavy atom. The largest absolute Gasteiger partial charge is 0.460 e. The summed E-state index contributed by atoms with van der Waals surface area (Å²) in [7, 11) is 1.76. The molecule has 1 aromatic heterocycles. The minimum Gasteiger partial charge on any atom is -0.460 e. The van der Waals surface area contributed by atoms with Crippen molar-refractivity contribution in [3.05, 3.63) is 18.3 Å². The number of likely N-dealkylation sites (tertiary alicyclic amines) is 1. The van der Waals surface area contributed by atoms with Crippen LogP contribution in [0.4, 0.5) is 5.69 Å². The highest BCUT2D eigenvalue weighted by Crippen LogP contribution is 2.29. The predicted molar refractivity (Wildman–Crippen MR) is 65.0 cm³/mol. The van der Waals surface area contributed by atoms with Crippen LogP contribution in [-0.4, -0.2) is 41.9 Å². The molecule has 0 radical (unpaired) electrons. The first-order valence-corrected chi connectivity index (χ1v) is 5.66. The van der Waals surface area contributed by atoms with Gasteiger partial charge in [-0.3, -0.25) is 4.79 Å². The molecule has 2 rings (SSSR count). The molecule has 0 amide bonds. The Hall–Kier alpha value is -2.29. The normalized spacial score (nSPS) is 22.3. The fourth-order valence-corrected chi connectivity index (χ4v) is 1.95. The van der Waals surface area contributed by atoms with Gasteiger partial charge < -0.3 is 15.0 Å². The van der Waals surface area contributed by atoms with E-state index in [0.717, 1.165) is 6.29 Å². The Kier molecular flexibility index (Phi) is 3.33. The molecule has 1 N–H and O–H groups in total. The van der Waals surface area contributed by atoms with Crippen LogP contribution < -0.4 is 10.1 Å². The van der Waals surface area contributed by atoms with Crippen LogP contribution in [0.5, 0.6) is 5.88 Å². The minimum absolute atomic E-state index is 0.271. The number of carbonyl (C=O) groups is 1. The van der Waals surface area contributed by atoms with Crippen molar-refractivity contribution in [1.82, 2.24) is 9.88 Å². The standard InChI is InChI=1S/C12H14N4O2/c1-14-10-3-2-5-15-11(10)18-12(8-17)4-6-16(7-12)9-13/h2-3,5,8,14H,4,6-7H2,1H3/t12-/m0/s1. The van der Waals surface area contributed by atoms with E-state index in [1.54, 1.807) is 19.3 Å². The Bertz CT molecular complexity index is 485. The van der Waals surface area contributed by atoms with Crippen molar-refractivity contribution >= 4 is 12.0 Å². The number of anilines is 1. The van der Waals surface area contributed by atoms with Crippen LogP contribution in [-0.2, 0) is 4.79 Å². The molecule has 1 aliphatic rings. The van der Waals surface area contributed by atoms with Gasteiger partial charge in [0.1, 0.15) is 0 Å². The van der Waals surface area contributed by atoms with E-state index in [9.17, 15) is 4.79 Å². The average Bonchev–Trinajstić information content (AvgIpc) is 2.83. The summed E-state index contributed by atoms with van der Waals surface area (Å²) in [6.07, 6.45) is 4.88. The summed E-state index contributed by atoms with van der Waals surface area (Å²) < 4.78 is 5.73. The maximum atomic E-state index is 11.3. The van der Waals surface area contributed by atoms with E-state index in [2.05, 4.69) is 10.3 Å². The van der Waals surface area contributed by atoms with Gasteiger partial charge in [-0.05, 0) is 12.1 Å². The Morgan fingerprint density at radius 1 is 1.72 bits per heavy atom. The fraction of sp³-hybridized carbons (Fsp3) is 0.417. The minimum atomic E-state index is -0.977. The van der Waals surface area contributed by atoms with Crippen LogP contribution in [0.1, 0.15) is 6.42 Å². The maximum Gasteiger partial charge on any atom is 0.238 e. The van der Waals surface area contributed by atoms with Gasteiger partial charge in [0.25, 0.3) is 0 Å². The average molecular weight is 246 g/mol. The number of carbonyl (C=O) groups excluding carboxylic acids is 1. The highest BCUT2D eigenvalue weighted by atomic mass is 16.5. The SMILES string of the molecule is CNc1cccnc1O[C@@]1(C=O)CCN(C#N)C1. The van der Waals surface area contributed by atoms with Crippen molar-refractivity contribution in [2.24, 2.45) is 0 Å². The van der Waals surface area contributed by atoms with Crippen molar-refractivity contribution in [3.63, 3.8) is 0 Å². The van der Waals surface area contributed by atoms with E-state index in [1.165, 1.54) is 4.90 Å². The molecule has 0 aliphatic carbocycles. The van der Waals surface area contributed by atoms with Gasteiger partial charge in [-0.25, -0.2) is 4.98 Å². The maximum absolute atomic E-state index is 11.3. The lowest BCUT2D eigenvalue weighted by Gasteiger charge is -2.23. The van der Waals surface area contributed by atoms with Crippen LogP contribution in [0.3, 0.4) is 0 Å². The number of ether oxygens (including phenoxy) is 1. The monoisotopic (exact) mass is 246 g/mol. The quantitative estimate of drug-likeness (QED) is 0.620. The van der Waals surface area contributed by atoms with Crippen molar-refractivity contribution in [1.29, 1.82) is 5.26 Å².